The number of halogens is 2. The van der Waals surface area contributed by atoms with Crippen LogP contribution in [0.2, 0.25) is 5.02 Å². The Balaban J connectivity index is 2.26. The van der Waals surface area contributed by atoms with Gasteiger partial charge in [0.1, 0.15) is 17.2 Å². The summed E-state index contributed by atoms with van der Waals surface area (Å²) in [7, 11) is 0. The number of ether oxygens (including phenoxy) is 1. The van der Waals surface area contributed by atoms with Crippen molar-refractivity contribution in [1.82, 2.24) is 0 Å². The Morgan fingerprint density at radius 1 is 1.10 bits per heavy atom. The molecule has 2 rings (SSSR count). The van der Waals surface area contributed by atoms with Crippen molar-refractivity contribution in [3.05, 3.63) is 64.4 Å². The Kier molecular flexibility index (Phi) is 4.33. The third-order valence-electron chi connectivity index (χ3n) is 2.74. The van der Waals surface area contributed by atoms with Crippen LogP contribution in [0, 0.1) is 5.82 Å². The number of carbonyl (C=O) groups excluding carboxylic acids is 1. The van der Waals surface area contributed by atoms with Crippen molar-refractivity contribution in [2.45, 2.75) is 26.4 Å². The second kappa shape index (κ2) is 5.86. The number of rotatable bonds is 3. The molecule has 0 N–H and O–H groups in total. The quantitative estimate of drug-likeness (QED) is 0.755. The van der Waals surface area contributed by atoms with Gasteiger partial charge in [0, 0.05) is 11.1 Å². The topological polar surface area (TPSA) is 26.3 Å². The fourth-order valence-electron chi connectivity index (χ4n) is 1.86. The summed E-state index contributed by atoms with van der Waals surface area (Å²) in [5, 5.41) is -0.155. The Morgan fingerprint density at radius 3 is 2.29 bits per heavy atom. The average molecular weight is 307 g/mol. The van der Waals surface area contributed by atoms with Gasteiger partial charge in [-0.3, -0.25) is 4.79 Å². The zero-order valence-electron chi connectivity index (χ0n) is 12.1. The molecule has 0 spiro atoms. The highest BCUT2D eigenvalue weighted by Gasteiger charge is 2.16. The maximum atomic E-state index is 13.4. The molecule has 0 aromatic heterocycles. The minimum absolute atomic E-state index is 0.154. The molecule has 0 fully saturated rings. The fourth-order valence-corrected chi connectivity index (χ4v) is 2.07. The normalized spacial score (nSPS) is 11.3. The monoisotopic (exact) mass is 306 g/mol. The van der Waals surface area contributed by atoms with Crippen molar-refractivity contribution in [3.63, 3.8) is 0 Å². The van der Waals surface area contributed by atoms with E-state index in [9.17, 15) is 9.18 Å². The van der Waals surface area contributed by atoms with E-state index in [4.69, 9.17) is 16.3 Å². The molecule has 2 aromatic rings. The molecule has 0 saturated carbocycles. The third-order valence-corrected chi connectivity index (χ3v) is 3.12. The molecule has 0 heterocycles. The van der Waals surface area contributed by atoms with Gasteiger partial charge in [-0.15, -0.1) is 0 Å². The van der Waals surface area contributed by atoms with Crippen LogP contribution in [-0.2, 0) is 0 Å². The van der Waals surface area contributed by atoms with Crippen LogP contribution in [0.1, 0.15) is 36.7 Å². The maximum absolute atomic E-state index is 13.4. The van der Waals surface area contributed by atoms with Crippen LogP contribution in [0.5, 0.6) is 5.75 Å². The number of hydrogen-bond acceptors (Lipinski definition) is 2. The lowest BCUT2D eigenvalue weighted by molar-refractivity contribution is 0.103. The molecular formula is C17H16ClFO2. The summed E-state index contributed by atoms with van der Waals surface area (Å²) in [4.78, 5) is 12.3. The molecule has 0 amide bonds. The van der Waals surface area contributed by atoms with Gasteiger partial charge in [-0.05, 0) is 57.2 Å². The largest absolute Gasteiger partial charge is 0.488 e. The minimum Gasteiger partial charge on any atom is -0.488 e. The summed E-state index contributed by atoms with van der Waals surface area (Å²) in [5.41, 5.74) is 0.280. The molecule has 0 aliphatic carbocycles. The lowest BCUT2D eigenvalue weighted by Gasteiger charge is -2.21. The van der Waals surface area contributed by atoms with Crippen LogP contribution in [0.4, 0.5) is 4.39 Å². The highest BCUT2D eigenvalue weighted by Crippen LogP contribution is 2.24. The van der Waals surface area contributed by atoms with Gasteiger partial charge in [-0.2, -0.15) is 0 Å². The van der Waals surface area contributed by atoms with Crippen LogP contribution in [0.3, 0.4) is 0 Å². The van der Waals surface area contributed by atoms with Gasteiger partial charge in [0.2, 0.25) is 0 Å². The number of ketones is 1. The molecule has 4 heteroatoms. The van der Waals surface area contributed by atoms with E-state index in [1.807, 2.05) is 20.8 Å². The van der Waals surface area contributed by atoms with Gasteiger partial charge in [-0.1, -0.05) is 17.7 Å². The van der Waals surface area contributed by atoms with Crippen molar-refractivity contribution < 1.29 is 13.9 Å². The lowest BCUT2D eigenvalue weighted by atomic mass is 10.0. The van der Waals surface area contributed by atoms with Crippen LogP contribution in [0.15, 0.2) is 42.5 Å². The number of carbonyl (C=O) groups is 1. The molecule has 0 bridgehead atoms. The zero-order valence-corrected chi connectivity index (χ0v) is 12.9. The van der Waals surface area contributed by atoms with E-state index in [0.717, 1.165) is 0 Å². The molecule has 0 saturated heterocycles. The van der Waals surface area contributed by atoms with Gasteiger partial charge in [0.05, 0.1) is 5.02 Å². The first-order valence-corrected chi connectivity index (χ1v) is 6.93. The second-order valence-electron chi connectivity index (χ2n) is 5.67. The number of benzene rings is 2. The summed E-state index contributed by atoms with van der Waals surface area (Å²) in [5.74, 6) is -0.249. The highest BCUT2D eigenvalue weighted by molar-refractivity contribution is 6.35. The van der Waals surface area contributed by atoms with E-state index in [0.29, 0.717) is 11.3 Å². The van der Waals surface area contributed by atoms with Gasteiger partial charge < -0.3 is 4.74 Å². The first kappa shape index (κ1) is 15.5. The first-order chi connectivity index (χ1) is 9.78. The molecule has 2 aromatic carbocycles. The van der Waals surface area contributed by atoms with Crippen molar-refractivity contribution in [1.29, 1.82) is 0 Å². The van der Waals surface area contributed by atoms with E-state index >= 15 is 0 Å². The van der Waals surface area contributed by atoms with Crippen molar-refractivity contribution >= 4 is 17.4 Å². The maximum Gasteiger partial charge on any atom is 0.194 e. The Morgan fingerprint density at radius 2 is 1.71 bits per heavy atom. The molecule has 0 aliphatic rings. The van der Waals surface area contributed by atoms with Crippen molar-refractivity contribution in [2.24, 2.45) is 0 Å². The zero-order chi connectivity index (χ0) is 15.6. The van der Waals surface area contributed by atoms with E-state index in [2.05, 4.69) is 0 Å². The number of hydrogen-bond donors (Lipinski definition) is 0. The summed E-state index contributed by atoms with van der Waals surface area (Å²) in [6.07, 6.45) is 0. The minimum atomic E-state index is -0.602. The fraction of sp³-hybridized carbons (Fsp3) is 0.235. The van der Waals surface area contributed by atoms with Gasteiger partial charge in [0.15, 0.2) is 5.78 Å². The summed E-state index contributed by atoms with van der Waals surface area (Å²) < 4.78 is 19.1. The lowest BCUT2D eigenvalue weighted by Crippen LogP contribution is -2.22. The molecule has 21 heavy (non-hydrogen) atoms. The molecular weight excluding hydrogens is 291 g/mol. The third kappa shape index (κ3) is 3.82. The second-order valence-corrected chi connectivity index (χ2v) is 6.05. The van der Waals surface area contributed by atoms with Crippen LogP contribution in [-0.4, -0.2) is 11.4 Å². The average Bonchev–Trinajstić information content (AvgIpc) is 2.40. The smallest absolute Gasteiger partial charge is 0.194 e. The van der Waals surface area contributed by atoms with E-state index < -0.39 is 5.82 Å². The van der Waals surface area contributed by atoms with Crippen molar-refractivity contribution in [2.75, 3.05) is 0 Å². The molecule has 110 valence electrons. The Bertz CT molecular complexity index is 657. The predicted molar refractivity (Wildman–Crippen MR) is 81.7 cm³/mol. The van der Waals surface area contributed by atoms with Crippen LogP contribution in [0.25, 0.3) is 0 Å². The van der Waals surface area contributed by atoms with E-state index in [1.54, 1.807) is 24.3 Å². The predicted octanol–water partition coefficient (Wildman–Crippen LogP) is 4.89. The first-order valence-electron chi connectivity index (χ1n) is 6.56. The summed E-state index contributed by atoms with van der Waals surface area (Å²) in [6, 6.07) is 10.9. The Hall–Kier alpha value is -1.87. The molecule has 0 atom stereocenters. The summed E-state index contributed by atoms with van der Waals surface area (Å²) in [6.45, 7) is 5.83. The molecule has 2 nitrogen and oxygen atoms in total. The molecule has 0 radical (unpaired) electrons. The Labute approximate surface area is 128 Å². The van der Waals surface area contributed by atoms with Gasteiger partial charge in [-0.25, -0.2) is 4.39 Å². The SMILES string of the molecule is CC(C)(C)Oc1ccc(C(=O)c2cccc(F)c2Cl)cc1. The van der Waals surface area contributed by atoms with Crippen molar-refractivity contribution in [3.8, 4) is 5.75 Å². The molecule has 0 unspecified atom stereocenters. The van der Waals surface area contributed by atoms with Crippen LogP contribution < -0.4 is 4.74 Å². The summed E-state index contributed by atoms with van der Waals surface area (Å²) >= 11 is 5.84. The standard InChI is InChI=1S/C17H16ClFO2/c1-17(2,3)21-12-9-7-11(8-10-12)16(20)13-5-4-6-14(19)15(13)18/h4-10H,1-3H3. The highest BCUT2D eigenvalue weighted by atomic mass is 35.5. The van der Waals surface area contributed by atoms with Gasteiger partial charge in [0.25, 0.3) is 0 Å². The van der Waals surface area contributed by atoms with Crippen LogP contribution >= 0.6 is 11.6 Å². The van der Waals surface area contributed by atoms with Gasteiger partial charge >= 0.3 is 0 Å². The van der Waals surface area contributed by atoms with E-state index in [-0.39, 0.29) is 22.0 Å². The van der Waals surface area contributed by atoms with E-state index in [1.165, 1.54) is 18.2 Å². The molecule has 0 aliphatic heterocycles.